The summed E-state index contributed by atoms with van der Waals surface area (Å²) < 4.78 is 38.8. The van der Waals surface area contributed by atoms with Gasteiger partial charge in [-0.1, -0.05) is 5.21 Å². The van der Waals surface area contributed by atoms with E-state index in [1.807, 2.05) is 6.92 Å². The molecule has 1 N–H and O–H groups in total. The van der Waals surface area contributed by atoms with Crippen molar-refractivity contribution in [2.24, 2.45) is 0 Å². The van der Waals surface area contributed by atoms with Gasteiger partial charge in [-0.3, -0.25) is 9.58 Å². The third-order valence-corrected chi connectivity index (χ3v) is 2.38. The van der Waals surface area contributed by atoms with Crippen molar-refractivity contribution in [1.29, 1.82) is 0 Å². The summed E-state index contributed by atoms with van der Waals surface area (Å²) in [7, 11) is 1.71. The molecule has 0 aliphatic heterocycles. The highest BCUT2D eigenvalue weighted by molar-refractivity contribution is 4.92. The maximum Gasteiger partial charge on any atom is 0.401 e. The Morgan fingerprint density at radius 3 is 2.67 bits per heavy atom. The van der Waals surface area contributed by atoms with Crippen molar-refractivity contribution in [1.82, 2.24) is 25.2 Å². The zero-order valence-corrected chi connectivity index (χ0v) is 10.5. The van der Waals surface area contributed by atoms with Crippen molar-refractivity contribution in [3.63, 3.8) is 0 Å². The summed E-state index contributed by atoms with van der Waals surface area (Å²) >= 11 is 0. The van der Waals surface area contributed by atoms with E-state index in [-0.39, 0.29) is 6.54 Å². The van der Waals surface area contributed by atoms with Crippen LogP contribution in [0.5, 0.6) is 0 Å². The molecule has 0 fully saturated rings. The molecule has 1 heterocycles. The summed E-state index contributed by atoms with van der Waals surface area (Å²) in [5.41, 5.74) is 0.553. The van der Waals surface area contributed by atoms with Crippen LogP contribution in [0.1, 0.15) is 12.6 Å². The Morgan fingerprint density at radius 2 is 2.17 bits per heavy atom. The first-order valence-electron chi connectivity index (χ1n) is 5.77. The fourth-order valence-corrected chi connectivity index (χ4v) is 1.53. The van der Waals surface area contributed by atoms with Gasteiger partial charge in [-0.05, 0) is 14.0 Å². The standard InChI is InChI=1S/C10H18F3N5/c1-3-18-7-9(15-16-18)6-17(5-4-14-2)8-10(11,12)13/h7,14H,3-6,8H2,1-2H3. The maximum absolute atomic E-state index is 12.4. The van der Waals surface area contributed by atoms with Gasteiger partial charge in [0.1, 0.15) is 0 Å². The van der Waals surface area contributed by atoms with Crippen LogP contribution >= 0.6 is 0 Å². The van der Waals surface area contributed by atoms with Crippen LogP contribution in [0.2, 0.25) is 0 Å². The zero-order valence-electron chi connectivity index (χ0n) is 10.5. The molecule has 0 amide bonds. The van der Waals surface area contributed by atoms with Gasteiger partial charge in [-0.15, -0.1) is 5.10 Å². The van der Waals surface area contributed by atoms with Crippen molar-refractivity contribution < 1.29 is 13.2 Å². The Hall–Kier alpha value is -1.15. The quantitative estimate of drug-likeness (QED) is 0.795. The molecular weight excluding hydrogens is 247 g/mol. The van der Waals surface area contributed by atoms with Crippen LogP contribution in [0.15, 0.2) is 6.20 Å². The number of aryl methyl sites for hydroxylation is 1. The highest BCUT2D eigenvalue weighted by Crippen LogP contribution is 2.17. The topological polar surface area (TPSA) is 46.0 Å². The van der Waals surface area contributed by atoms with Crippen LogP contribution in [0.4, 0.5) is 13.2 Å². The van der Waals surface area contributed by atoms with Crippen molar-refractivity contribution in [3.05, 3.63) is 11.9 Å². The summed E-state index contributed by atoms with van der Waals surface area (Å²) in [4.78, 5) is 1.31. The van der Waals surface area contributed by atoms with Gasteiger partial charge in [-0.2, -0.15) is 13.2 Å². The molecule has 18 heavy (non-hydrogen) atoms. The number of halogens is 3. The van der Waals surface area contributed by atoms with Crippen LogP contribution in [-0.2, 0) is 13.1 Å². The first-order valence-corrected chi connectivity index (χ1v) is 5.77. The first-order chi connectivity index (χ1) is 8.44. The Balaban J connectivity index is 2.59. The van der Waals surface area contributed by atoms with Gasteiger partial charge >= 0.3 is 6.18 Å². The van der Waals surface area contributed by atoms with Crippen LogP contribution in [0.3, 0.4) is 0 Å². The minimum atomic E-state index is -4.20. The summed E-state index contributed by atoms with van der Waals surface area (Å²) in [6, 6.07) is 0. The van der Waals surface area contributed by atoms with Gasteiger partial charge in [-0.25, -0.2) is 0 Å². The monoisotopic (exact) mass is 265 g/mol. The maximum atomic E-state index is 12.4. The van der Waals surface area contributed by atoms with E-state index in [0.29, 0.717) is 25.3 Å². The molecular formula is C10H18F3N5. The van der Waals surface area contributed by atoms with Crippen molar-refractivity contribution in [2.75, 3.05) is 26.7 Å². The van der Waals surface area contributed by atoms with Crippen LogP contribution in [-0.4, -0.2) is 52.8 Å². The molecule has 1 aromatic rings. The van der Waals surface area contributed by atoms with Gasteiger partial charge < -0.3 is 5.32 Å². The molecule has 5 nitrogen and oxygen atoms in total. The lowest BCUT2D eigenvalue weighted by Crippen LogP contribution is -2.37. The van der Waals surface area contributed by atoms with E-state index in [1.165, 1.54) is 4.90 Å². The number of likely N-dealkylation sites (N-methyl/N-ethyl adjacent to an activating group) is 1. The molecule has 0 radical (unpaired) electrons. The molecule has 8 heteroatoms. The SMILES string of the molecule is CCn1cc(CN(CCNC)CC(F)(F)F)nn1. The molecule has 0 bridgehead atoms. The number of alkyl halides is 3. The Labute approximate surface area is 104 Å². The van der Waals surface area contributed by atoms with E-state index in [4.69, 9.17) is 0 Å². The lowest BCUT2D eigenvalue weighted by atomic mass is 10.3. The number of rotatable bonds is 7. The largest absolute Gasteiger partial charge is 0.401 e. The molecule has 0 saturated carbocycles. The van der Waals surface area contributed by atoms with E-state index in [9.17, 15) is 13.2 Å². The van der Waals surface area contributed by atoms with Crippen LogP contribution in [0.25, 0.3) is 0 Å². The third-order valence-electron chi connectivity index (χ3n) is 2.38. The summed E-state index contributed by atoms with van der Waals surface area (Å²) in [6.07, 6.45) is -2.53. The van der Waals surface area contributed by atoms with Crippen LogP contribution < -0.4 is 5.32 Å². The predicted octanol–water partition coefficient (Wildman–Crippen LogP) is 0.882. The molecule has 0 unspecified atom stereocenters. The Bertz CT molecular complexity index is 350. The molecule has 1 rings (SSSR count). The van der Waals surface area contributed by atoms with Gasteiger partial charge in [0.05, 0.1) is 12.2 Å². The number of aromatic nitrogens is 3. The van der Waals surface area contributed by atoms with E-state index in [2.05, 4.69) is 15.6 Å². The average Bonchev–Trinajstić information content (AvgIpc) is 2.71. The highest BCUT2D eigenvalue weighted by Gasteiger charge is 2.30. The van der Waals surface area contributed by atoms with Gasteiger partial charge in [0, 0.05) is 32.4 Å². The summed E-state index contributed by atoms with van der Waals surface area (Å²) in [5.74, 6) is 0. The van der Waals surface area contributed by atoms with Gasteiger partial charge in [0.25, 0.3) is 0 Å². The fourth-order valence-electron chi connectivity index (χ4n) is 1.53. The lowest BCUT2D eigenvalue weighted by molar-refractivity contribution is -0.147. The minimum absolute atomic E-state index is 0.154. The second-order valence-electron chi connectivity index (χ2n) is 3.99. The summed E-state index contributed by atoms with van der Waals surface area (Å²) in [6.45, 7) is 2.58. The number of hydrogen-bond acceptors (Lipinski definition) is 4. The predicted molar refractivity (Wildman–Crippen MR) is 61.0 cm³/mol. The van der Waals surface area contributed by atoms with Crippen molar-refractivity contribution in [3.8, 4) is 0 Å². The Kier molecular flexibility index (Phi) is 5.54. The van der Waals surface area contributed by atoms with Gasteiger partial charge in [0.15, 0.2) is 0 Å². The molecule has 0 spiro atoms. The second-order valence-corrected chi connectivity index (χ2v) is 3.99. The average molecular weight is 265 g/mol. The molecule has 0 saturated heterocycles. The fraction of sp³-hybridized carbons (Fsp3) is 0.800. The normalized spacial score (nSPS) is 12.3. The zero-order chi connectivity index (χ0) is 13.6. The highest BCUT2D eigenvalue weighted by atomic mass is 19.4. The first kappa shape index (κ1) is 14.9. The third kappa shape index (κ3) is 5.46. The number of nitrogens with zero attached hydrogens (tertiary/aromatic N) is 4. The smallest absolute Gasteiger partial charge is 0.318 e. The van der Waals surface area contributed by atoms with E-state index >= 15 is 0 Å². The second kappa shape index (κ2) is 6.69. The van der Waals surface area contributed by atoms with E-state index in [1.54, 1.807) is 17.9 Å². The van der Waals surface area contributed by atoms with Gasteiger partial charge in [0.2, 0.25) is 0 Å². The molecule has 1 aromatic heterocycles. The molecule has 0 atom stereocenters. The Morgan fingerprint density at radius 1 is 1.44 bits per heavy atom. The minimum Gasteiger partial charge on any atom is -0.318 e. The number of nitrogens with one attached hydrogen (secondary N) is 1. The molecule has 104 valence electrons. The van der Waals surface area contributed by atoms with Crippen molar-refractivity contribution >= 4 is 0 Å². The lowest BCUT2D eigenvalue weighted by Gasteiger charge is -2.22. The summed E-state index contributed by atoms with van der Waals surface area (Å²) in [5, 5.41) is 10.5. The van der Waals surface area contributed by atoms with E-state index < -0.39 is 12.7 Å². The molecule has 0 aliphatic rings. The molecule has 0 aliphatic carbocycles. The van der Waals surface area contributed by atoms with Crippen LogP contribution in [0, 0.1) is 0 Å². The van der Waals surface area contributed by atoms with E-state index in [0.717, 1.165) is 0 Å². The molecule has 0 aromatic carbocycles. The van der Waals surface area contributed by atoms with Crippen molar-refractivity contribution in [2.45, 2.75) is 26.2 Å². The number of hydrogen-bond donors (Lipinski definition) is 1.